The van der Waals surface area contributed by atoms with Crippen LogP contribution in [0.15, 0.2) is 0 Å². The highest BCUT2D eigenvalue weighted by Gasteiger charge is 2.37. The molecule has 3 heteroatoms. The largest absolute Gasteiger partial charge is 0.326 e. The van der Waals surface area contributed by atoms with Gasteiger partial charge in [-0.1, -0.05) is 21.9 Å². The maximum absolute atomic E-state index is 11.5. The fourth-order valence-corrected chi connectivity index (χ4v) is 1.73. The summed E-state index contributed by atoms with van der Waals surface area (Å²) >= 11 is 3.31. The third-order valence-corrected chi connectivity index (χ3v) is 3.02. The molecular weight excluding hydrogens is 218 g/mol. The molecule has 1 amide bonds. The molecule has 1 rings (SSSR count). The summed E-state index contributed by atoms with van der Waals surface area (Å²) in [6.45, 7) is 4.53. The normalized spacial score (nSPS) is 24.3. The Balaban J connectivity index is 2.80. The fourth-order valence-electron chi connectivity index (χ4n) is 1.28. The number of carbonyl (C=O) groups is 1. The molecule has 1 aliphatic heterocycles. The predicted molar refractivity (Wildman–Crippen MR) is 52.0 cm³/mol. The maximum atomic E-state index is 11.5. The molecule has 0 bridgehead atoms. The number of terminal acetylenes is 1. The second kappa shape index (κ2) is 3.10. The van der Waals surface area contributed by atoms with Crippen LogP contribution in [0.3, 0.4) is 0 Å². The van der Waals surface area contributed by atoms with E-state index in [0.29, 0.717) is 0 Å². The second-order valence-corrected chi connectivity index (χ2v) is 4.55. The highest BCUT2D eigenvalue weighted by molar-refractivity contribution is 9.10. The van der Waals surface area contributed by atoms with Crippen LogP contribution in [-0.2, 0) is 4.79 Å². The molecule has 0 spiro atoms. The van der Waals surface area contributed by atoms with Crippen molar-refractivity contribution in [3.05, 3.63) is 0 Å². The van der Waals surface area contributed by atoms with E-state index in [1.807, 2.05) is 13.8 Å². The van der Waals surface area contributed by atoms with E-state index in [9.17, 15) is 4.79 Å². The lowest BCUT2D eigenvalue weighted by Gasteiger charge is -2.30. The Morgan fingerprint density at radius 2 is 2.33 bits per heavy atom. The van der Waals surface area contributed by atoms with Crippen LogP contribution < -0.4 is 0 Å². The van der Waals surface area contributed by atoms with Crippen molar-refractivity contribution in [2.75, 3.05) is 6.54 Å². The van der Waals surface area contributed by atoms with Gasteiger partial charge in [0.1, 0.15) is 0 Å². The minimum atomic E-state index is -0.445. The van der Waals surface area contributed by atoms with Crippen molar-refractivity contribution in [1.82, 2.24) is 4.90 Å². The molecule has 0 saturated carbocycles. The molecule has 2 nitrogen and oxygen atoms in total. The zero-order valence-corrected chi connectivity index (χ0v) is 8.89. The molecule has 66 valence electrons. The van der Waals surface area contributed by atoms with E-state index in [1.54, 1.807) is 4.90 Å². The highest BCUT2D eigenvalue weighted by atomic mass is 79.9. The van der Waals surface area contributed by atoms with Crippen molar-refractivity contribution in [1.29, 1.82) is 0 Å². The summed E-state index contributed by atoms with van der Waals surface area (Å²) in [5, 5.41) is 0. The van der Waals surface area contributed by atoms with Crippen molar-refractivity contribution in [3.63, 3.8) is 0 Å². The Bertz CT molecular complexity index is 241. The first-order valence-corrected chi connectivity index (χ1v) is 4.84. The van der Waals surface area contributed by atoms with E-state index in [0.717, 1.165) is 13.0 Å². The van der Waals surface area contributed by atoms with Gasteiger partial charge in [-0.05, 0) is 20.3 Å². The number of hydrogen-bond acceptors (Lipinski definition) is 1. The number of amides is 1. The zero-order valence-electron chi connectivity index (χ0n) is 7.30. The van der Waals surface area contributed by atoms with E-state index in [1.165, 1.54) is 0 Å². The second-order valence-electron chi connectivity index (χ2n) is 3.45. The molecule has 12 heavy (non-hydrogen) atoms. The first-order chi connectivity index (χ1) is 5.49. The highest BCUT2D eigenvalue weighted by Crippen LogP contribution is 2.25. The Labute approximate surface area is 81.4 Å². The van der Waals surface area contributed by atoms with Crippen LogP contribution >= 0.6 is 15.9 Å². The number of alkyl halides is 1. The number of likely N-dealkylation sites (tertiary alicyclic amines) is 1. The van der Waals surface area contributed by atoms with E-state index in [4.69, 9.17) is 6.42 Å². The Morgan fingerprint density at radius 3 is 2.67 bits per heavy atom. The summed E-state index contributed by atoms with van der Waals surface area (Å²) in [5.41, 5.74) is -0.445. The summed E-state index contributed by atoms with van der Waals surface area (Å²) in [6, 6.07) is 0. The third-order valence-electron chi connectivity index (χ3n) is 2.17. The van der Waals surface area contributed by atoms with Crippen LogP contribution in [0.5, 0.6) is 0 Å². The van der Waals surface area contributed by atoms with E-state index >= 15 is 0 Å². The van der Waals surface area contributed by atoms with Crippen LogP contribution in [0.25, 0.3) is 0 Å². The summed E-state index contributed by atoms with van der Waals surface area (Å²) in [5.74, 6) is 2.73. The monoisotopic (exact) mass is 229 g/mol. The van der Waals surface area contributed by atoms with Crippen molar-refractivity contribution in [2.24, 2.45) is 0 Å². The number of rotatable bonds is 1. The van der Waals surface area contributed by atoms with Gasteiger partial charge in [0.05, 0.1) is 10.4 Å². The van der Waals surface area contributed by atoms with Crippen molar-refractivity contribution < 1.29 is 4.79 Å². The third kappa shape index (κ3) is 1.49. The Hall–Kier alpha value is -0.490. The molecule has 0 radical (unpaired) electrons. The standard InChI is InChI=1S/C9H12BrNO/c1-4-9(2,3)11-6-5-7(10)8(11)12/h1,7H,5-6H2,2-3H3. The summed E-state index contributed by atoms with van der Waals surface area (Å²) in [7, 11) is 0. The van der Waals surface area contributed by atoms with Crippen molar-refractivity contribution >= 4 is 21.8 Å². The van der Waals surface area contributed by atoms with Gasteiger partial charge in [0.15, 0.2) is 0 Å². The smallest absolute Gasteiger partial charge is 0.237 e. The Kier molecular flexibility index (Phi) is 2.48. The average molecular weight is 230 g/mol. The first kappa shape index (κ1) is 9.60. The van der Waals surface area contributed by atoms with Gasteiger partial charge in [-0.25, -0.2) is 0 Å². The van der Waals surface area contributed by atoms with Crippen molar-refractivity contribution in [2.45, 2.75) is 30.6 Å². The minimum Gasteiger partial charge on any atom is -0.326 e. The van der Waals surface area contributed by atoms with Crippen LogP contribution in [-0.4, -0.2) is 27.7 Å². The van der Waals surface area contributed by atoms with E-state index < -0.39 is 5.54 Å². The van der Waals surface area contributed by atoms with E-state index in [-0.39, 0.29) is 10.7 Å². The fraction of sp³-hybridized carbons (Fsp3) is 0.667. The van der Waals surface area contributed by atoms with Gasteiger partial charge in [0, 0.05) is 6.54 Å². The molecule has 0 aliphatic carbocycles. The number of halogens is 1. The van der Waals surface area contributed by atoms with Crippen LogP contribution in [0, 0.1) is 12.3 Å². The van der Waals surface area contributed by atoms with Gasteiger partial charge in [0.2, 0.25) is 5.91 Å². The molecule has 1 unspecified atom stereocenters. The van der Waals surface area contributed by atoms with Gasteiger partial charge >= 0.3 is 0 Å². The van der Waals surface area contributed by atoms with Gasteiger partial charge in [-0.2, -0.15) is 0 Å². The van der Waals surface area contributed by atoms with Gasteiger partial charge in [0.25, 0.3) is 0 Å². The first-order valence-electron chi connectivity index (χ1n) is 3.92. The van der Waals surface area contributed by atoms with Gasteiger partial charge in [-0.15, -0.1) is 6.42 Å². The number of carbonyl (C=O) groups excluding carboxylic acids is 1. The summed E-state index contributed by atoms with van der Waals surface area (Å²) < 4.78 is 0. The molecule has 1 aliphatic rings. The van der Waals surface area contributed by atoms with Gasteiger partial charge < -0.3 is 4.90 Å². The molecule has 0 aromatic carbocycles. The molecule has 0 aromatic rings. The summed E-state index contributed by atoms with van der Waals surface area (Å²) in [6.07, 6.45) is 6.19. The van der Waals surface area contributed by atoms with Crippen LogP contribution in [0.1, 0.15) is 20.3 Å². The molecule has 1 atom stereocenters. The lowest BCUT2D eigenvalue weighted by molar-refractivity contribution is -0.130. The zero-order chi connectivity index (χ0) is 9.35. The SMILES string of the molecule is C#CC(C)(C)N1CCC(Br)C1=O. The predicted octanol–water partition coefficient (Wildman–Crippen LogP) is 1.39. The summed E-state index contributed by atoms with van der Waals surface area (Å²) in [4.78, 5) is 13.2. The van der Waals surface area contributed by atoms with Crippen molar-refractivity contribution in [3.8, 4) is 12.3 Å². The topological polar surface area (TPSA) is 20.3 Å². The quantitative estimate of drug-likeness (QED) is 0.492. The maximum Gasteiger partial charge on any atom is 0.237 e. The molecule has 0 aromatic heterocycles. The number of nitrogens with zero attached hydrogens (tertiary/aromatic N) is 1. The molecule has 1 fully saturated rings. The lowest BCUT2D eigenvalue weighted by Crippen LogP contribution is -2.44. The van der Waals surface area contributed by atoms with E-state index in [2.05, 4.69) is 21.9 Å². The van der Waals surface area contributed by atoms with Gasteiger partial charge in [-0.3, -0.25) is 4.79 Å². The molecule has 1 saturated heterocycles. The lowest BCUT2D eigenvalue weighted by atomic mass is 10.1. The molecule has 1 heterocycles. The Morgan fingerprint density at radius 1 is 1.75 bits per heavy atom. The molecule has 0 N–H and O–H groups in total. The van der Waals surface area contributed by atoms with Crippen LogP contribution in [0.4, 0.5) is 0 Å². The molecular formula is C9H12BrNO. The number of hydrogen-bond donors (Lipinski definition) is 0. The minimum absolute atomic E-state index is 0.0369. The average Bonchev–Trinajstić information content (AvgIpc) is 2.33. The van der Waals surface area contributed by atoms with Crippen LogP contribution in [0.2, 0.25) is 0 Å².